The van der Waals surface area contributed by atoms with Gasteiger partial charge >= 0.3 is 0 Å². The topological polar surface area (TPSA) is 37.0 Å². The van der Waals surface area contributed by atoms with Crippen molar-refractivity contribution in [1.82, 2.24) is 9.80 Å². The second kappa shape index (κ2) is 9.06. The SMILES string of the molecule is COc1ccc(OC)c(CN2CCN(C(=S)Nc3ccccc3C)CC2)c1. The molecule has 0 radical (unpaired) electrons. The quantitative estimate of drug-likeness (QED) is 0.794. The highest BCUT2D eigenvalue weighted by Crippen LogP contribution is 2.25. The lowest BCUT2D eigenvalue weighted by atomic mass is 10.1. The molecule has 0 bridgehead atoms. The highest BCUT2D eigenvalue weighted by molar-refractivity contribution is 7.80. The number of piperazine rings is 1. The first kappa shape index (κ1) is 19.5. The number of aryl methyl sites for hydroxylation is 1. The Balaban J connectivity index is 1.56. The van der Waals surface area contributed by atoms with Gasteiger partial charge in [-0.3, -0.25) is 4.90 Å². The van der Waals surface area contributed by atoms with Crippen molar-refractivity contribution in [3.8, 4) is 11.5 Å². The maximum atomic E-state index is 5.62. The molecule has 1 saturated heterocycles. The third-order valence-corrected chi connectivity index (χ3v) is 5.29. The second-order valence-corrected chi connectivity index (χ2v) is 7.07. The highest BCUT2D eigenvalue weighted by Gasteiger charge is 2.20. The molecule has 1 aliphatic heterocycles. The van der Waals surface area contributed by atoms with E-state index >= 15 is 0 Å². The van der Waals surface area contributed by atoms with Crippen LogP contribution < -0.4 is 14.8 Å². The molecule has 1 N–H and O–H groups in total. The van der Waals surface area contributed by atoms with Gasteiger partial charge in [-0.2, -0.15) is 0 Å². The first-order chi connectivity index (χ1) is 13.1. The van der Waals surface area contributed by atoms with Crippen LogP contribution in [0.3, 0.4) is 0 Å². The number of nitrogens with zero attached hydrogens (tertiary/aromatic N) is 2. The van der Waals surface area contributed by atoms with E-state index in [0.29, 0.717) is 0 Å². The summed E-state index contributed by atoms with van der Waals surface area (Å²) in [4.78, 5) is 4.66. The molecule has 0 aromatic heterocycles. The molecule has 0 saturated carbocycles. The number of anilines is 1. The van der Waals surface area contributed by atoms with Crippen molar-refractivity contribution in [2.24, 2.45) is 0 Å². The summed E-state index contributed by atoms with van der Waals surface area (Å²) < 4.78 is 10.9. The Labute approximate surface area is 166 Å². The van der Waals surface area contributed by atoms with Gasteiger partial charge in [0.1, 0.15) is 11.5 Å². The first-order valence-electron chi connectivity index (χ1n) is 9.15. The van der Waals surface area contributed by atoms with Gasteiger partial charge in [-0.25, -0.2) is 0 Å². The Kier molecular flexibility index (Phi) is 6.53. The van der Waals surface area contributed by atoms with E-state index in [0.717, 1.165) is 60.6 Å². The number of benzene rings is 2. The number of rotatable bonds is 5. The molecule has 144 valence electrons. The summed E-state index contributed by atoms with van der Waals surface area (Å²) in [7, 11) is 3.39. The number of nitrogens with one attached hydrogen (secondary N) is 1. The van der Waals surface area contributed by atoms with E-state index in [1.807, 2.05) is 24.3 Å². The zero-order valence-corrected chi connectivity index (χ0v) is 17.0. The Morgan fingerprint density at radius 1 is 1.04 bits per heavy atom. The van der Waals surface area contributed by atoms with Crippen LogP contribution in [0.5, 0.6) is 11.5 Å². The summed E-state index contributed by atoms with van der Waals surface area (Å²) in [5, 5.41) is 4.17. The average molecular weight is 386 g/mol. The van der Waals surface area contributed by atoms with Crippen LogP contribution in [0.1, 0.15) is 11.1 Å². The van der Waals surface area contributed by atoms with Crippen LogP contribution in [0.4, 0.5) is 5.69 Å². The molecule has 0 amide bonds. The molecule has 2 aromatic rings. The van der Waals surface area contributed by atoms with Crippen LogP contribution in [0.15, 0.2) is 42.5 Å². The van der Waals surface area contributed by atoms with Gasteiger partial charge in [0.15, 0.2) is 5.11 Å². The third kappa shape index (κ3) is 4.90. The molecule has 0 atom stereocenters. The summed E-state index contributed by atoms with van der Waals surface area (Å²) in [6, 6.07) is 14.2. The van der Waals surface area contributed by atoms with Crippen molar-refractivity contribution in [1.29, 1.82) is 0 Å². The van der Waals surface area contributed by atoms with Crippen molar-refractivity contribution < 1.29 is 9.47 Å². The van der Waals surface area contributed by atoms with Gasteiger partial charge in [-0.05, 0) is 49.0 Å². The van der Waals surface area contributed by atoms with Crippen LogP contribution in [0.2, 0.25) is 0 Å². The molecule has 0 aliphatic carbocycles. The van der Waals surface area contributed by atoms with Crippen LogP contribution >= 0.6 is 12.2 Å². The van der Waals surface area contributed by atoms with E-state index < -0.39 is 0 Å². The Hall–Kier alpha value is -2.31. The maximum Gasteiger partial charge on any atom is 0.173 e. The fraction of sp³-hybridized carbons (Fsp3) is 0.381. The van der Waals surface area contributed by atoms with Crippen molar-refractivity contribution in [2.45, 2.75) is 13.5 Å². The van der Waals surface area contributed by atoms with Gasteiger partial charge in [-0.1, -0.05) is 18.2 Å². The summed E-state index contributed by atoms with van der Waals surface area (Å²) >= 11 is 5.62. The molecule has 5 nitrogen and oxygen atoms in total. The van der Waals surface area contributed by atoms with Crippen LogP contribution in [-0.4, -0.2) is 55.3 Å². The third-order valence-electron chi connectivity index (χ3n) is 4.93. The highest BCUT2D eigenvalue weighted by atomic mass is 32.1. The van der Waals surface area contributed by atoms with Gasteiger partial charge in [-0.15, -0.1) is 0 Å². The summed E-state index contributed by atoms with van der Waals surface area (Å²) in [5.41, 5.74) is 3.42. The Morgan fingerprint density at radius 2 is 1.78 bits per heavy atom. The van der Waals surface area contributed by atoms with Gasteiger partial charge in [0.2, 0.25) is 0 Å². The monoisotopic (exact) mass is 385 g/mol. The minimum atomic E-state index is 0.794. The summed E-state index contributed by atoms with van der Waals surface area (Å²) in [5.74, 6) is 1.75. The molecule has 27 heavy (non-hydrogen) atoms. The van der Waals surface area contributed by atoms with Crippen LogP contribution in [0.25, 0.3) is 0 Å². The van der Waals surface area contributed by atoms with Crippen molar-refractivity contribution >= 4 is 23.0 Å². The number of thiocarbonyl (C=S) groups is 1. The van der Waals surface area contributed by atoms with Gasteiger partial charge in [0.25, 0.3) is 0 Å². The normalized spacial score (nSPS) is 14.7. The summed E-state index contributed by atoms with van der Waals surface area (Å²) in [6.45, 7) is 6.65. The zero-order valence-electron chi connectivity index (χ0n) is 16.2. The van der Waals surface area contributed by atoms with E-state index in [1.54, 1.807) is 14.2 Å². The molecule has 1 aliphatic rings. The molecule has 1 fully saturated rings. The molecular formula is C21H27N3O2S. The van der Waals surface area contributed by atoms with E-state index in [1.165, 1.54) is 5.56 Å². The molecular weight excluding hydrogens is 358 g/mol. The number of hydrogen-bond acceptors (Lipinski definition) is 4. The number of ether oxygens (including phenoxy) is 2. The van der Waals surface area contributed by atoms with Crippen molar-refractivity contribution in [3.63, 3.8) is 0 Å². The molecule has 0 spiro atoms. The van der Waals surface area contributed by atoms with Crippen LogP contribution in [-0.2, 0) is 6.54 Å². The van der Waals surface area contributed by atoms with Gasteiger partial charge in [0.05, 0.1) is 14.2 Å². The number of hydrogen-bond donors (Lipinski definition) is 1. The zero-order chi connectivity index (χ0) is 19.2. The van der Waals surface area contributed by atoms with Crippen molar-refractivity contribution in [2.75, 3.05) is 45.7 Å². The van der Waals surface area contributed by atoms with E-state index in [2.05, 4.69) is 40.2 Å². The molecule has 1 heterocycles. The van der Waals surface area contributed by atoms with Crippen LogP contribution in [0, 0.1) is 6.92 Å². The number of para-hydroxylation sites is 1. The van der Waals surface area contributed by atoms with E-state index in [4.69, 9.17) is 21.7 Å². The lowest BCUT2D eigenvalue weighted by Crippen LogP contribution is -2.49. The second-order valence-electron chi connectivity index (χ2n) is 6.69. The van der Waals surface area contributed by atoms with Gasteiger partial charge in [0, 0.05) is 44.0 Å². The minimum absolute atomic E-state index is 0.794. The average Bonchev–Trinajstić information content (AvgIpc) is 2.70. The Bertz CT molecular complexity index is 789. The summed E-state index contributed by atoms with van der Waals surface area (Å²) in [6.07, 6.45) is 0. The number of methoxy groups -OCH3 is 2. The lowest BCUT2D eigenvalue weighted by molar-refractivity contribution is 0.175. The standard InChI is InChI=1S/C21H27N3O2S/c1-16-6-4-5-7-19(16)22-21(27)24-12-10-23(11-13-24)15-17-14-18(25-2)8-9-20(17)26-3/h4-9,14H,10-13,15H2,1-3H3,(H,22,27). The molecule has 6 heteroatoms. The first-order valence-corrected chi connectivity index (χ1v) is 9.56. The smallest absolute Gasteiger partial charge is 0.173 e. The predicted molar refractivity (Wildman–Crippen MR) is 114 cm³/mol. The molecule has 2 aromatic carbocycles. The predicted octanol–water partition coefficient (Wildman–Crippen LogP) is 3.53. The fourth-order valence-electron chi connectivity index (χ4n) is 3.26. The van der Waals surface area contributed by atoms with E-state index in [9.17, 15) is 0 Å². The van der Waals surface area contributed by atoms with Gasteiger partial charge < -0.3 is 19.7 Å². The Morgan fingerprint density at radius 3 is 2.44 bits per heavy atom. The van der Waals surface area contributed by atoms with Crippen molar-refractivity contribution in [3.05, 3.63) is 53.6 Å². The molecule has 0 unspecified atom stereocenters. The fourth-order valence-corrected chi connectivity index (χ4v) is 3.56. The lowest BCUT2D eigenvalue weighted by Gasteiger charge is -2.36. The van der Waals surface area contributed by atoms with E-state index in [-0.39, 0.29) is 0 Å². The minimum Gasteiger partial charge on any atom is -0.497 e. The molecule has 3 rings (SSSR count). The maximum absolute atomic E-state index is 5.62. The largest absolute Gasteiger partial charge is 0.497 e.